The fourth-order valence-corrected chi connectivity index (χ4v) is 7.13. The van der Waals surface area contributed by atoms with Gasteiger partial charge in [-0.05, 0) is 61.3 Å². The third kappa shape index (κ3) is 9.86. The lowest BCUT2D eigenvalue weighted by Crippen LogP contribution is -2.35. The van der Waals surface area contributed by atoms with Gasteiger partial charge in [0.1, 0.15) is 33.7 Å². The van der Waals surface area contributed by atoms with Crippen LogP contribution >= 0.6 is 34.5 Å². The van der Waals surface area contributed by atoms with Crippen LogP contribution in [0.5, 0.6) is 11.5 Å². The third-order valence-electron chi connectivity index (χ3n) is 8.29. The molecule has 1 saturated heterocycles. The Morgan fingerprint density at radius 3 is 2.35 bits per heavy atom. The minimum Gasteiger partial charge on any atom is -0.619 e. The maximum atomic E-state index is 13.6. The van der Waals surface area contributed by atoms with E-state index in [1.165, 1.54) is 57.2 Å². The quantitative estimate of drug-likeness (QED) is 0.0812. The second-order valence-electron chi connectivity index (χ2n) is 11.6. The molecular formula is C36H39Cl2N3O7S. The highest BCUT2D eigenvalue weighted by atomic mass is 35.5. The molecule has 0 radical (unpaired) electrons. The molecule has 1 aliphatic rings. The summed E-state index contributed by atoms with van der Waals surface area (Å²) in [6, 6.07) is 17.5. The van der Waals surface area contributed by atoms with Crippen LogP contribution in [0.25, 0.3) is 0 Å². The van der Waals surface area contributed by atoms with E-state index in [1.54, 1.807) is 24.3 Å². The molecule has 4 aromatic rings. The van der Waals surface area contributed by atoms with Crippen molar-refractivity contribution >= 4 is 46.5 Å². The molecule has 0 aliphatic carbocycles. The molecule has 49 heavy (non-hydrogen) atoms. The van der Waals surface area contributed by atoms with Gasteiger partial charge in [0.15, 0.2) is 23.9 Å². The van der Waals surface area contributed by atoms with Gasteiger partial charge in [-0.3, -0.25) is 10.2 Å². The second kappa shape index (κ2) is 17.7. The molecule has 260 valence electrons. The van der Waals surface area contributed by atoms with E-state index in [0.717, 1.165) is 30.1 Å². The molecule has 3 heterocycles. The van der Waals surface area contributed by atoms with Crippen LogP contribution in [0, 0.1) is 5.21 Å². The summed E-state index contributed by atoms with van der Waals surface area (Å²) in [7, 11) is 3.04. The zero-order chi connectivity index (χ0) is 34.8. The fourth-order valence-electron chi connectivity index (χ4n) is 5.69. The highest BCUT2D eigenvalue weighted by molar-refractivity contribution is 7.13. The number of nitrogens with zero attached hydrogens (tertiary/aromatic N) is 2. The number of nitrogens with one attached hydrogen (secondary N) is 1. The Hall–Kier alpha value is -3.87. The molecule has 0 bridgehead atoms. The Bertz CT molecular complexity index is 1690. The number of hydrogen-bond acceptors (Lipinski definition) is 10. The number of piperidine rings is 1. The van der Waals surface area contributed by atoms with Gasteiger partial charge < -0.3 is 24.2 Å². The van der Waals surface area contributed by atoms with Gasteiger partial charge in [-0.25, -0.2) is 9.59 Å². The molecule has 10 nitrogen and oxygen atoms in total. The van der Waals surface area contributed by atoms with E-state index in [9.17, 15) is 14.8 Å². The van der Waals surface area contributed by atoms with E-state index in [0.29, 0.717) is 45.4 Å². The lowest BCUT2D eigenvalue weighted by Gasteiger charge is -2.26. The number of thiophene rings is 1. The molecule has 0 saturated carbocycles. The first-order valence-corrected chi connectivity index (χ1v) is 17.6. The Labute approximate surface area is 300 Å². The standard InChI is InChI=1S/C36H39Cl2N3O7S/c1-45-30-13-11-25(19-32(30)46-2)31(20-27-28(37)22-41(44)23-29(27)38)48-35(42)33-14-12-26(49-33)21-39-34(24-9-5-3-6-10-24)36(43)47-18-17-40-15-7-4-8-16-40/h3,5-6,9-14,19,22-23,31,34,39H,4,7-8,15-18,20-21H2,1-2H3/t31-,34?/m0/s1. The van der Waals surface area contributed by atoms with Crippen molar-refractivity contribution in [1.29, 1.82) is 0 Å². The molecule has 0 spiro atoms. The van der Waals surface area contributed by atoms with Crippen molar-refractivity contribution in [2.45, 2.75) is 44.4 Å². The first-order valence-electron chi connectivity index (χ1n) is 16.0. The van der Waals surface area contributed by atoms with Crippen LogP contribution in [0.15, 0.2) is 73.1 Å². The van der Waals surface area contributed by atoms with Gasteiger partial charge in [0, 0.05) is 30.0 Å². The minimum absolute atomic E-state index is 0.0954. The van der Waals surface area contributed by atoms with Gasteiger partial charge in [0.25, 0.3) is 0 Å². The van der Waals surface area contributed by atoms with Crippen LogP contribution < -0.4 is 19.5 Å². The molecule has 2 atom stereocenters. The normalized spacial score (nSPS) is 14.5. The molecule has 1 N–H and O–H groups in total. The predicted molar refractivity (Wildman–Crippen MR) is 188 cm³/mol. The van der Waals surface area contributed by atoms with Crippen LogP contribution in [0.4, 0.5) is 0 Å². The van der Waals surface area contributed by atoms with E-state index >= 15 is 0 Å². The largest absolute Gasteiger partial charge is 0.619 e. The SMILES string of the molecule is COc1ccc([C@H](Cc2c(Cl)c[n+]([O-])cc2Cl)OC(=O)c2ccc(CNC(C(=O)OCCN3CCCCC3)c3ccccc3)s2)cc1OC. The smallest absolute Gasteiger partial charge is 0.348 e. The predicted octanol–water partition coefficient (Wildman–Crippen LogP) is 6.71. The highest BCUT2D eigenvalue weighted by Gasteiger charge is 2.26. The second-order valence-corrected chi connectivity index (χ2v) is 13.5. The molecule has 1 unspecified atom stereocenters. The van der Waals surface area contributed by atoms with Gasteiger partial charge in [-0.2, -0.15) is 4.73 Å². The van der Waals surface area contributed by atoms with Gasteiger partial charge in [-0.15, -0.1) is 11.3 Å². The first-order chi connectivity index (χ1) is 23.7. The van der Waals surface area contributed by atoms with E-state index in [-0.39, 0.29) is 22.4 Å². The number of pyridine rings is 1. The summed E-state index contributed by atoms with van der Waals surface area (Å²) >= 11 is 14.0. The van der Waals surface area contributed by atoms with Crippen LogP contribution in [0.1, 0.15) is 62.6 Å². The summed E-state index contributed by atoms with van der Waals surface area (Å²) in [4.78, 5) is 30.3. The number of ether oxygens (including phenoxy) is 4. The lowest BCUT2D eigenvalue weighted by molar-refractivity contribution is -0.605. The molecule has 0 amide bonds. The monoisotopic (exact) mass is 727 g/mol. The van der Waals surface area contributed by atoms with Crippen molar-refractivity contribution in [1.82, 2.24) is 10.2 Å². The number of hydrogen-bond donors (Lipinski definition) is 1. The summed E-state index contributed by atoms with van der Waals surface area (Å²) in [5, 5.41) is 15.5. The Morgan fingerprint density at radius 2 is 1.65 bits per heavy atom. The van der Waals surface area contributed by atoms with Crippen molar-refractivity contribution < 1.29 is 33.3 Å². The van der Waals surface area contributed by atoms with Crippen molar-refractivity contribution in [3.63, 3.8) is 0 Å². The number of rotatable bonds is 15. The average molecular weight is 729 g/mol. The number of carbonyl (C=O) groups is 2. The first kappa shape index (κ1) is 36.4. The number of carbonyl (C=O) groups excluding carboxylic acids is 2. The molecule has 5 rings (SSSR count). The van der Waals surface area contributed by atoms with E-state index < -0.39 is 18.1 Å². The molecular weight excluding hydrogens is 689 g/mol. The molecule has 1 fully saturated rings. The maximum Gasteiger partial charge on any atom is 0.348 e. The molecule has 2 aromatic carbocycles. The minimum atomic E-state index is -0.837. The molecule has 13 heteroatoms. The zero-order valence-corrected chi connectivity index (χ0v) is 29.7. The number of likely N-dealkylation sites (tertiary alicyclic amines) is 1. The summed E-state index contributed by atoms with van der Waals surface area (Å²) in [5.41, 5.74) is 1.86. The number of methoxy groups -OCH3 is 2. The number of halogens is 2. The number of esters is 2. The van der Waals surface area contributed by atoms with Gasteiger partial charge in [0.05, 0.1) is 14.2 Å². The summed E-state index contributed by atoms with van der Waals surface area (Å²) in [6.45, 7) is 3.43. The Kier molecular flexibility index (Phi) is 13.1. The van der Waals surface area contributed by atoms with E-state index in [2.05, 4.69) is 10.2 Å². The lowest BCUT2D eigenvalue weighted by atomic mass is 10.0. The Balaban J connectivity index is 1.28. The van der Waals surface area contributed by atoms with Crippen LogP contribution in [0.2, 0.25) is 10.0 Å². The summed E-state index contributed by atoms with van der Waals surface area (Å²) in [6.07, 6.45) is 5.25. The molecule has 1 aliphatic heterocycles. The van der Waals surface area contributed by atoms with Crippen LogP contribution in [-0.2, 0) is 27.2 Å². The third-order valence-corrected chi connectivity index (χ3v) is 10.0. The van der Waals surface area contributed by atoms with Crippen molar-refractivity contribution in [3.8, 4) is 11.5 Å². The van der Waals surface area contributed by atoms with Crippen molar-refractivity contribution in [2.24, 2.45) is 0 Å². The number of benzene rings is 2. The van der Waals surface area contributed by atoms with Crippen LogP contribution in [-0.4, -0.2) is 57.3 Å². The Morgan fingerprint density at radius 1 is 0.939 bits per heavy atom. The van der Waals surface area contributed by atoms with E-state index in [4.69, 9.17) is 42.1 Å². The van der Waals surface area contributed by atoms with Gasteiger partial charge in [0.2, 0.25) is 0 Å². The van der Waals surface area contributed by atoms with Gasteiger partial charge in [-0.1, -0.05) is 66.0 Å². The fraction of sp³-hybridized carbons (Fsp3) is 0.361. The summed E-state index contributed by atoms with van der Waals surface area (Å²) < 4.78 is 23.1. The highest BCUT2D eigenvalue weighted by Crippen LogP contribution is 2.36. The van der Waals surface area contributed by atoms with E-state index in [1.807, 2.05) is 36.4 Å². The topological polar surface area (TPSA) is 113 Å². The summed E-state index contributed by atoms with van der Waals surface area (Å²) in [5.74, 6) is 0.0495. The average Bonchev–Trinajstić information content (AvgIpc) is 3.59. The van der Waals surface area contributed by atoms with Crippen molar-refractivity contribution in [3.05, 3.63) is 115 Å². The van der Waals surface area contributed by atoms with Crippen molar-refractivity contribution in [2.75, 3.05) is 40.5 Å². The molecule has 2 aromatic heterocycles. The maximum absolute atomic E-state index is 13.6. The zero-order valence-electron chi connectivity index (χ0n) is 27.4. The van der Waals surface area contributed by atoms with Gasteiger partial charge >= 0.3 is 11.9 Å². The number of aromatic nitrogens is 1. The van der Waals surface area contributed by atoms with Crippen LogP contribution in [0.3, 0.4) is 0 Å².